The van der Waals surface area contributed by atoms with Crippen LogP contribution in [-0.2, 0) is 6.54 Å². The molecule has 0 aliphatic carbocycles. The van der Waals surface area contributed by atoms with E-state index in [1.807, 2.05) is 59.2 Å². The second-order valence-electron chi connectivity index (χ2n) is 6.61. The van der Waals surface area contributed by atoms with Gasteiger partial charge in [-0.25, -0.2) is 0 Å². The Morgan fingerprint density at radius 3 is 1.83 bits per heavy atom. The molecular formula is C21H16F6NOP. The number of carbonyl (C=O) groups is 1. The van der Waals surface area contributed by atoms with Crippen LogP contribution in [0.4, 0.5) is 25.2 Å². The molecule has 0 amide bonds. The van der Waals surface area contributed by atoms with Crippen LogP contribution < -0.4 is 4.57 Å². The molecule has 0 N–H and O–H groups in total. The number of para-hydroxylation sites is 1. The van der Waals surface area contributed by atoms with E-state index in [-0.39, 0.29) is 5.78 Å². The van der Waals surface area contributed by atoms with Crippen molar-refractivity contribution in [2.45, 2.75) is 6.54 Å². The molecule has 0 radical (unpaired) electrons. The maximum absolute atomic E-state index is 12.6. The van der Waals surface area contributed by atoms with Crippen molar-refractivity contribution in [3.63, 3.8) is 0 Å². The second-order valence-corrected chi connectivity index (χ2v) is 8.53. The van der Waals surface area contributed by atoms with Gasteiger partial charge in [-0.2, -0.15) is 4.57 Å². The first-order valence-corrected chi connectivity index (χ1v) is 10.8. The smallest absolute Gasteiger partial charge is 0.227 e. The summed E-state index contributed by atoms with van der Waals surface area (Å²) in [6.07, 6.45) is 2.07. The molecule has 158 valence electrons. The summed E-state index contributed by atoms with van der Waals surface area (Å²) in [5, 5.41) is 3.53. The molecule has 0 spiro atoms. The fraction of sp³-hybridized carbons (Fsp3) is 0.0476. The third kappa shape index (κ3) is 6.52. The molecule has 9 heteroatoms. The van der Waals surface area contributed by atoms with Gasteiger partial charge < -0.3 is 0 Å². The number of ketones is 1. The van der Waals surface area contributed by atoms with E-state index >= 15 is 0 Å². The summed E-state index contributed by atoms with van der Waals surface area (Å²) < 4.78 is 61.2. The molecule has 1 aromatic heterocycles. The predicted molar refractivity (Wildman–Crippen MR) is 106 cm³/mol. The van der Waals surface area contributed by atoms with E-state index in [0.29, 0.717) is 6.54 Å². The predicted octanol–water partition coefficient (Wildman–Crippen LogP) is 7.55. The van der Waals surface area contributed by atoms with Crippen molar-refractivity contribution < 1.29 is 34.5 Å². The zero-order chi connectivity index (χ0) is 22.1. The fourth-order valence-electron chi connectivity index (χ4n) is 3.05. The molecule has 30 heavy (non-hydrogen) atoms. The van der Waals surface area contributed by atoms with Gasteiger partial charge in [0, 0.05) is 22.4 Å². The van der Waals surface area contributed by atoms with Crippen LogP contribution in [0.5, 0.6) is 0 Å². The molecule has 0 fully saturated rings. The van der Waals surface area contributed by atoms with Crippen molar-refractivity contribution in [2.75, 3.05) is 0 Å². The molecule has 4 rings (SSSR count). The molecule has 4 aromatic rings. The molecule has 3 aromatic carbocycles. The summed E-state index contributed by atoms with van der Waals surface area (Å²) in [7, 11) is -10.7. The van der Waals surface area contributed by atoms with Crippen LogP contribution in [0.15, 0.2) is 85.1 Å². The van der Waals surface area contributed by atoms with E-state index in [4.69, 9.17) is 0 Å². The molecule has 1 heterocycles. The Bertz CT molecular complexity index is 1210. The summed E-state index contributed by atoms with van der Waals surface area (Å²) in [5.74, 6) is 0.121. The minimum atomic E-state index is -10.7. The van der Waals surface area contributed by atoms with Gasteiger partial charge in [0.15, 0.2) is 6.20 Å². The molecule has 0 atom stereocenters. The molecule has 0 aliphatic heterocycles. The Labute approximate surface area is 167 Å². The van der Waals surface area contributed by atoms with E-state index in [9.17, 15) is 30.0 Å². The number of Topliss-reactive ketones (excluding diaryl/α,β-unsaturated/α-hetero) is 1. The molecule has 0 saturated heterocycles. The summed E-state index contributed by atoms with van der Waals surface area (Å²) >= 11 is 0. The number of fused-ring (bicyclic) bond motifs is 3. The van der Waals surface area contributed by atoms with Crippen LogP contribution in [0.2, 0.25) is 0 Å². The SMILES string of the molecule is F[P-](F)(F)(F)(F)F.O=C(C[n+]1cc2ccccc2c2ccccc21)c1ccccc1. The molecule has 0 aliphatic rings. The van der Waals surface area contributed by atoms with Gasteiger partial charge in [0.1, 0.15) is 0 Å². The number of nitrogens with zero attached hydrogens (tertiary/aromatic N) is 1. The minimum absolute atomic E-state index is 0.121. The van der Waals surface area contributed by atoms with Crippen LogP contribution in [0.1, 0.15) is 10.4 Å². The second kappa shape index (κ2) is 7.06. The van der Waals surface area contributed by atoms with E-state index in [1.165, 1.54) is 10.8 Å². The normalized spacial score (nSPS) is 13.8. The molecule has 0 unspecified atom stereocenters. The standard InChI is InChI=1S/C21H16NO.F6P/c23-21(16-8-2-1-3-9-16)15-22-14-17-10-4-5-11-18(17)19-12-6-7-13-20(19)22;1-7(2,3,4,5)6/h1-14H,15H2;/q+1;-1. The van der Waals surface area contributed by atoms with Crippen LogP contribution in [-0.4, -0.2) is 5.78 Å². The number of hydrogen-bond acceptors (Lipinski definition) is 1. The van der Waals surface area contributed by atoms with Crippen molar-refractivity contribution in [1.29, 1.82) is 0 Å². The number of aromatic nitrogens is 1. The summed E-state index contributed by atoms with van der Waals surface area (Å²) in [4.78, 5) is 12.6. The third-order valence-corrected chi connectivity index (χ3v) is 4.17. The largest absolute Gasteiger partial charge is 0.287 e. The van der Waals surface area contributed by atoms with Crippen molar-refractivity contribution in [3.05, 3.63) is 90.6 Å². The first-order chi connectivity index (χ1) is 13.8. The fourth-order valence-corrected chi connectivity index (χ4v) is 3.05. The van der Waals surface area contributed by atoms with Crippen LogP contribution in [0, 0.1) is 0 Å². The topological polar surface area (TPSA) is 20.9 Å². The summed E-state index contributed by atoms with van der Waals surface area (Å²) in [6, 6.07) is 26.0. The van der Waals surface area contributed by atoms with E-state index in [1.54, 1.807) is 0 Å². The number of hydrogen-bond donors (Lipinski definition) is 0. The van der Waals surface area contributed by atoms with Gasteiger partial charge in [-0.3, -0.25) is 4.79 Å². The third-order valence-electron chi connectivity index (χ3n) is 4.17. The van der Waals surface area contributed by atoms with Gasteiger partial charge in [0.25, 0.3) is 0 Å². The Kier molecular flexibility index (Phi) is 5.11. The first-order valence-electron chi connectivity index (χ1n) is 8.72. The van der Waals surface area contributed by atoms with E-state index < -0.39 is 7.81 Å². The Balaban J connectivity index is 0.000000318. The summed E-state index contributed by atoms with van der Waals surface area (Å²) in [6.45, 7) is 0.343. The number of pyridine rings is 1. The Hall–Kier alpha value is -2.99. The van der Waals surface area contributed by atoms with E-state index in [0.717, 1.165) is 16.5 Å². The van der Waals surface area contributed by atoms with Crippen molar-refractivity contribution in [3.8, 4) is 0 Å². The minimum Gasteiger partial charge on any atom is -0.287 e. The maximum Gasteiger partial charge on any atom is 0.227 e. The average molecular weight is 443 g/mol. The van der Waals surface area contributed by atoms with Gasteiger partial charge in [0.05, 0.1) is 5.39 Å². The molecular weight excluding hydrogens is 427 g/mol. The van der Waals surface area contributed by atoms with Gasteiger partial charge in [-0.15, -0.1) is 0 Å². The first kappa shape index (κ1) is 21.7. The van der Waals surface area contributed by atoms with Gasteiger partial charge in [-0.1, -0.05) is 60.7 Å². The molecule has 0 bridgehead atoms. The number of carbonyl (C=O) groups excluding carboxylic acids is 1. The average Bonchev–Trinajstić information content (AvgIpc) is 2.66. The number of rotatable bonds is 3. The monoisotopic (exact) mass is 443 g/mol. The summed E-state index contributed by atoms with van der Waals surface area (Å²) in [5.41, 5.74) is 1.83. The van der Waals surface area contributed by atoms with Crippen molar-refractivity contribution in [2.24, 2.45) is 0 Å². The van der Waals surface area contributed by atoms with Crippen LogP contribution >= 0.6 is 7.81 Å². The van der Waals surface area contributed by atoms with Gasteiger partial charge in [-0.05, 0) is 12.1 Å². The van der Waals surface area contributed by atoms with Crippen LogP contribution in [0.25, 0.3) is 21.7 Å². The maximum atomic E-state index is 12.6. The quantitative estimate of drug-likeness (QED) is 0.105. The van der Waals surface area contributed by atoms with Crippen molar-refractivity contribution in [1.82, 2.24) is 0 Å². The number of halogens is 6. The Morgan fingerprint density at radius 2 is 1.20 bits per heavy atom. The van der Waals surface area contributed by atoms with Crippen molar-refractivity contribution >= 4 is 35.3 Å². The molecule has 0 saturated carbocycles. The number of benzene rings is 3. The van der Waals surface area contributed by atoms with Crippen LogP contribution in [0.3, 0.4) is 0 Å². The Morgan fingerprint density at radius 1 is 0.700 bits per heavy atom. The van der Waals surface area contributed by atoms with E-state index in [2.05, 4.69) is 30.5 Å². The molecule has 2 nitrogen and oxygen atoms in total. The van der Waals surface area contributed by atoms with Gasteiger partial charge in [0.2, 0.25) is 17.8 Å². The van der Waals surface area contributed by atoms with Gasteiger partial charge >= 0.3 is 33.0 Å². The zero-order valence-electron chi connectivity index (χ0n) is 15.4. The zero-order valence-corrected chi connectivity index (χ0v) is 16.3.